The normalized spacial score (nSPS) is 10.7. The molecule has 0 atom stereocenters. The zero-order valence-corrected chi connectivity index (χ0v) is 15.5. The number of aryl methyl sites for hydroxylation is 1. The van der Waals surface area contributed by atoms with Crippen molar-refractivity contribution in [2.45, 2.75) is 52.4 Å². The largest absolute Gasteiger partial charge is 0.481 e. The molecule has 0 fully saturated rings. The minimum absolute atomic E-state index is 0.104. The molecule has 0 aliphatic carbocycles. The molecule has 0 bridgehead atoms. The maximum Gasteiger partial charge on any atom is 0.303 e. The molecule has 1 heterocycles. The highest BCUT2D eigenvalue weighted by atomic mass is 16.4. The molecular weight excluding hydrogens is 330 g/mol. The third-order valence-electron chi connectivity index (χ3n) is 4.45. The molecule has 140 valence electrons. The number of carboxylic acids is 1. The van der Waals surface area contributed by atoms with Gasteiger partial charge in [-0.2, -0.15) is 5.10 Å². The van der Waals surface area contributed by atoms with Crippen molar-refractivity contribution in [3.05, 3.63) is 47.3 Å². The van der Waals surface area contributed by atoms with Gasteiger partial charge in [0.15, 0.2) is 0 Å². The van der Waals surface area contributed by atoms with Crippen molar-refractivity contribution in [2.75, 3.05) is 6.54 Å². The monoisotopic (exact) mass is 357 g/mol. The Hall–Kier alpha value is -2.63. The van der Waals surface area contributed by atoms with Gasteiger partial charge in [-0.05, 0) is 38.3 Å². The van der Waals surface area contributed by atoms with E-state index in [9.17, 15) is 9.59 Å². The van der Waals surface area contributed by atoms with Crippen molar-refractivity contribution in [3.63, 3.8) is 0 Å². The molecule has 2 N–H and O–H groups in total. The van der Waals surface area contributed by atoms with E-state index in [0.29, 0.717) is 12.1 Å². The lowest BCUT2D eigenvalue weighted by molar-refractivity contribution is -0.137. The SMILES string of the molecule is Cc1ccccc1-n1ncc(C(=O)NCCCCCCCC(=O)O)c1C. The zero-order chi connectivity index (χ0) is 18.9. The molecule has 1 amide bonds. The maximum absolute atomic E-state index is 12.4. The summed E-state index contributed by atoms with van der Waals surface area (Å²) in [4.78, 5) is 22.8. The average Bonchev–Trinajstić information content (AvgIpc) is 2.98. The van der Waals surface area contributed by atoms with Gasteiger partial charge < -0.3 is 10.4 Å². The molecule has 0 saturated carbocycles. The summed E-state index contributed by atoms with van der Waals surface area (Å²) in [6.07, 6.45) is 6.37. The smallest absolute Gasteiger partial charge is 0.303 e. The predicted molar refractivity (Wildman–Crippen MR) is 101 cm³/mol. The summed E-state index contributed by atoms with van der Waals surface area (Å²) in [5.41, 5.74) is 3.50. The van der Waals surface area contributed by atoms with Gasteiger partial charge in [0.05, 0.1) is 23.1 Å². The Labute approximate surface area is 154 Å². The molecule has 1 aromatic carbocycles. The molecule has 0 unspecified atom stereocenters. The lowest BCUT2D eigenvalue weighted by Gasteiger charge is -2.09. The van der Waals surface area contributed by atoms with Crippen molar-refractivity contribution >= 4 is 11.9 Å². The summed E-state index contributed by atoms with van der Waals surface area (Å²) >= 11 is 0. The van der Waals surface area contributed by atoms with E-state index in [1.807, 2.05) is 38.1 Å². The van der Waals surface area contributed by atoms with Crippen LogP contribution in [0.1, 0.15) is 60.1 Å². The van der Waals surface area contributed by atoms with Gasteiger partial charge >= 0.3 is 5.97 Å². The number of carbonyl (C=O) groups is 2. The third kappa shape index (κ3) is 5.44. The highest BCUT2D eigenvalue weighted by Gasteiger charge is 2.15. The number of para-hydroxylation sites is 1. The molecule has 0 spiro atoms. The van der Waals surface area contributed by atoms with Crippen molar-refractivity contribution < 1.29 is 14.7 Å². The van der Waals surface area contributed by atoms with Gasteiger partial charge in [0.25, 0.3) is 5.91 Å². The Morgan fingerprint density at radius 1 is 1.08 bits per heavy atom. The first-order valence-electron chi connectivity index (χ1n) is 9.11. The summed E-state index contributed by atoms with van der Waals surface area (Å²) in [6, 6.07) is 7.95. The van der Waals surface area contributed by atoms with Crippen molar-refractivity contribution in [1.82, 2.24) is 15.1 Å². The standard InChI is InChI=1S/C20H27N3O3/c1-15-10-7-8-11-18(15)23-16(2)17(14-22-23)20(26)21-13-9-5-3-4-6-12-19(24)25/h7-8,10-11,14H,3-6,9,12-13H2,1-2H3,(H,21,26)(H,24,25). The van der Waals surface area contributed by atoms with Crippen LogP contribution in [0.2, 0.25) is 0 Å². The summed E-state index contributed by atoms with van der Waals surface area (Å²) in [5, 5.41) is 15.9. The van der Waals surface area contributed by atoms with Crippen LogP contribution in [-0.4, -0.2) is 33.3 Å². The van der Waals surface area contributed by atoms with Gasteiger partial charge in [0, 0.05) is 13.0 Å². The van der Waals surface area contributed by atoms with Gasteiger partial charge in [0.1, 0.15) is 0 Å². The van der Waals surface area contributed by atoms with E-state index >= 15 is 0 Å². The Balaban J connectivity index is 1.78. The summed E-state index contributed by atoms with van der Waals surface area (Å²) < 4.78 is 1.80. The molecule has 1 aromatic heterocycles. The lowest BCUT2D eigenvalue weighted by Crippen LogP contribution is -2.24. The van der Waals surface area contributed by atoms with Crippen LogP contribution in [0.3, 0.4) is 0 Å². The molecule has 2 aromatic rings. The first kappa shape index (κ1) is 19.7. The van der Waals surface area contributed by atoms with Gasteiger partial charge in [-0.15, -0.1) is 0 Å². The van der Waals surface area contributed by atoms with E-state index in [0.717, 1.165) is 49.0 Å². The minimum Gasteiger partial charge on any atom is -0.481 e. The highest BCUT2D eigenvalue weighted by Crippen LogP contribution is 2.17. The average molecular weight is 357 g/mol. The number of nitrogens with one attached hydrogen (secondary N) is 1. The fourth-order valence-corrected chi connectivity index (χ4v) is 2.91. The number of hydrogen-bond acceptors (Lipinski definition) is 3. The van der Waals surface area contributed by atoms with E-state index in [-0.39, 0.29) is 12.3 Å². The van der Waals surface area contributed by atoms with Crippen LogP contribution in [0.4, 0.5) is 0 Å². The molecule has 0 radical (unpaired) electrons. The number of benzene rings is 1. The Bertz CT molecular complexity index is 753. The van der Waals surface area contributed by atoms with E-state index in [1.54, 1.807) is 10.9 Å². The number of unbranched alkanes of at least 4 members (excludes halogenated alkanes) is 4. The first-order chi connectivity index (χ1) is 12.5. The van der Waals surface area contributed by atoms with Crippen LogP contribution in [-0.2, 0) is 4.79 Å². The minimum atomic E-state index is -0.737. The van der Waals surface area contributed by atoms with E-state index in [1.165, 1.54) is 0 Å². The molecule has 0 aliphatic rings. The first-order valence-corrected chi connectivity index (χ1v) is 9.11. The van der Waals surface area contributed by atoms with Crippen LogP contribution >= 0.6 is 0 Å². The molecule has 6 nitrogen and oxygen atoms in total. The molecule has 0 aliphatic heterocycles. The second-order valence-corrected chi connectivity index (χ2v) is 6.51. The van der Waals surface area contributed by atoms with Gasteiger partial charge in [0.2, 0.25) is 0 Å². The molecular formula is C20H27N3O3. The van der Waals surface area contributed by atoms with Crippen LogP contribution in [0, 0.1) is 13.8 Å². The van der Waals surface area contributed by atoms with E-state index < -0.39 is 5.97 Å². The van der Waals surface area contributed by atoms with Crippen LogP contribution in [0.5, 0.6) is 0 Å². The lowest BCUT2D eigenvalue weighted by atomic mass is 10.1. The number of rotatable bonds is 10. The van der Waals surface area contributed by atoms with Gasteiger partial charge in [-0.3, -0.25) is 9.59 Å². The molecule has 6 heteroatoms. The predicted octanol–water partition coefficient (Wildman–Crippen LogP) is 3.64. The molecule has 0 saturated heterocycles. The van der Waals surface area contributed by atoms with Gasteiger partial charge in [-0.25, -0.2) is 4.68 Å². The third-order valence-corrected chi connectivity index (χ3v) is 4.45. The Morgan fingerprint density at radius 3 is 2.50 bits per heavy atom. The van der Waals surface area contributed by atoms with E-state index in [4.69, 9.17) is 5.11 Å². The second kappa shape index (κ2) is 9.75. The number of aliphatic carboxylic acids is 1. The fourth-order valence-electron chi connectivity index (χ4n) is 2.91. The zero-order valence-electron chi connectivity index (χ0n) is 15.5. The molecule has 2 rings (SSSR count). The highest BCUT2D eigenvalue weighted by molar-refractivity contribution is 5.95. The topological polar surface area (TPSA) is 84.2 Å². The number of amides is 1. The number of hydrogen-bond donors (Lipinski definition) is 2. The fraction of sp³-hybridized carbons (Fsp3) is 0.450. The second-order valence-electron chi connectivity index (χ2n) is 6.51. The number of carbonyl (C=O) groups excluding carboxylic acids is 1. The number of carboxylic acid groups (broad SMARTS) is 1. The van der Waals surface area contributed by atoms with Crippen molar-refractivity contribution in [1.29, 1.82) is 0 Å². The van der Waals surface area contributed by atoms with Crippen molar-refractivity contribution in [3.8, 4) is 5.69 Å². The molecule has 26 heavy (non-hydrogen) atoms. The van der Waals surface area contributed by atoms with Crippen LogP contribution < -0.4 is 5.32 Å². The summed E-state index contributed by atoms with van der Waals surface area (Å²) in [6.45, 7) is 4.54. The van der Waals surface area contributed by atoms with Crippen LogP contribution in [0.25, 0.3) is 5.69 Å². The Morgan fingerprint density at radius 2 is 1.77 bits per heavy atom. The maximum atomic E-state index is 12.4. The Kier molecular flexibility index (Phi) is 7.38. The van der Waals surface area contributed by atoms with Crippen molar-refractivity contribution in [2.24, 2.45) is 0 Å². The van der Waals surface area contributed by atoms with Gasteiger partial charge in [-0.1, -0.05) is 37.5 Å². The number of aromatic nitrogens is 2. The number of nitrogens with zero attached hydrogens (tertiary/aromatic N) is 2. The summed E-state index contributed by atoms with van der Waals surface area (Å²) in [5.74, 6) is -0.841. The van der Waals surface area contributed by atoms with Crippen LogP contribution in [0.15, 0.2) is 30.5 Å². The quantitative estimate of drug-likeness (QED) is 0.636. The summed E-state index contributed by atoms with van der Waals surface area (Å²) in [7, 11) is 0. The van der Waals surface area contributed by atoms with E-state index in [2.05, 4.69) is 10.4 Å².